The molecule has 7 nitrogen and oxygen atoms in total. The van der Waals surface area contributed by atoms with E-state index >= 15 is 0 Å². The zero-order valence-electron chi connectivity index (χ0n) is 9.59. The Morgan fingerprint density at radius 3 is 2.95 bits per heavy atom. The summed E-state index contributed by atoms with van der Waals surface area (Å²) in [6, 6.07) is 2.79. The van der Waals surface area contributed by atoms with Crippen LogP contribution in [-0.4, -0.2) is 20.8 Å². The number of rotatable bonds is 4. The first kappa shape index (κ1) is 12.7. The van der Waals surface area contributed by atoms with Gasteiger partial charge in [0.2, 0.25) is 0 Å². The lowest BCUT2D eigenvalue weighted by atomic mass is 10.1. The lowest BCUT2D eigenvalue weighted by molar-refractivity contribution is -0.385. The number of H-pyrrole nitrogens is 1. The normalized spacial score (nSPS) is 10.2. The van der Waals surface area contributed by atoms with Gasteiger partial charge in [-0.3, -0.25) is 14.9 Å². The Bertz CT molecular complexity index is 612. The first-order valence-corrected chi connectivity index (χ1v) is 5.27. The standard InChI is InChI=1S/C11H9FN4O3/c12-7-1-2-9(10(3-7)16(18)19)11(17)14-5-8-4-13-6-15-8/h1-4,6H,5H2,(H,13,15)(H,14,17). The maximum absolute atomic E-state index is 12.9. The number of benzene rings is 1. The lowest BCUT2D eigenvalue weighted by Gasteiger charge is -2.04. The van der Waals surface area contributed by atoms with Gasteiger partial charge in [-0.1, -0.05) is 0 Å². The van der Waals surface area contributed by atoms with Gasteiger partial charge in [0.05, 0.1) is 29.6 Å². The average molecular weight is 264 g/mol. The molecule has 0 bridgehead atoms. The Morgan fingerprint density at radius 2 is 2.32 bits per heavy atom. The number of carbonyl (C=O) groups is 1. The van der Waals surface area contributed by atoms with Crippen molar-refractivity contribution in [1.82, 2.24) is 15.3 Å². The summed E-state index contributed by atoms with van der Waals surface area (Å²) in [5, 5.41) is 13.2. The Hall–Kier alpha value is -2.77. The summed E-state index contributed by atoms with van der Waals surface area (Å²) in [6.07, 6.45) is 2.96. The van der Waals surface area contributed by atoms with Crippen LogP contribution in [0.4, 0.5) is 10.1 Å². The highest BCUT2D eigenvalue weighted by Crippen LogP contribution is 2.19. The number of carbonyl (C=O) groups excluding carboxylic acids is 1. The van der Waals surface area contributed by atoms with Crippen molar-refractivity contribution in [2.24, 2.45) is 0 Å². The van der Waals surface area contributed by atoms with Crippen molar-refractivity contribution in [3.05, 3.63) is 57.9 Å². The predicted molar refractivity (Wildman–Crippen MR) is 62.8 cm³/mol. The summed E-state index contributed by atoms with van der Waals surface area (Å²) in [7, 11) is 0. The van der Waals surface area contributed by atoms with E-state index < -0.39 is 22.3 Å². The fourth-order valence-corrected chi connectivity index (χ4v) is 1.50. The number of halogens is 1. The summed E-state index contributed by atoms with van der Waals surface area (Å²) in [6.45, 7) is 0.146. The molecule has 2 rings (SSSR count). The molecule has 1 heterocycles. The SMILES string of the molecule is O=C(NCc1cnc[nH]1)c1ccc(F)cc1[N+](=O)[O-]. The van der Waals surface area contributed by atoms with Gasteiger partial charge >= 0.3 is 0 Å². The predicted octanol–water partition coefficient (Wildman–Crippen LogP) is 1.39. The molecular weight excluding hydrogens is 255 g/mol. The number of nitro benzene ring substituents is 1. The van der Waals surface area contributed by atoms with Gasteiger partial charge in [0.1, 0.15) is 11.4 Å². The van der Waals surface area contributed by atoms with Gasteiger partial charge in [-0.25, -0.2) is 9.37 Å². The van der Waals surface area contributed by atoms with Crippen LogP contribution in [-0.2, 0) is 6.54 Å². The van der Waals surface area contributed by atoms with Gasteiger partial charge < -0.3 is 10.3 Å². The average Bonchev–Trinajstić information content (AvgIpc) is 2.88. The minimum atomic E-state index is -0.797. The van der Waals surface area contributed by atoms with E-state index in [0.29, 0.717) is 11.8 Å². The first-order valence-electron chi connectivity index (χ1n) is 5.27. The van der Waals surface area contributed by atoms with E-state index in [1.165, 1.54) is 12.5 Å². The smallest absolute Gasteiger partial charge is 0.285 e. The molecule has 1 aromatic carbocycles. The van der Waals surface area contributed by atoms with Crippen molar-refractivity contribution in [2.45, 2.75) is 6.54 Å². The third-order valence-corrected chi connectivity index (χ3v) is 2.40. The fraction of sp³-hybridized carbons (Fsp3) is 0.0909. The zero-order valence-corrected chi connectivity index (χ0v) is 9.59. The minimum Gasteiger partial charge on any atom is -0.347 e. The minimum absolute atomic E-state index is 0.146. The highest BCUT2D eigenvalue weighted by Gasteiger charge is 2.20. The molecule has 0 saturated carbocycles. The van der Waals surface area contributed by atoms with Gasteiger partial charge in [-0.05, 0) is 12.1 Å². The maximum atomic E-state index is 12.9. The third kappa shape index (κ3) is 2.92. The molecule has 0 aliphatic heterocycles. The number of nitrogens with one attached hydrogen (secondary N) is 2. The van der Waals surface area contributed by atoms with Gasteiger partial charge in [0, 0.05) is 6.20 Å². The second-order valence-electron chi connectivity index (χ2n) is 3.68. The Morgan fingerprint density at radius 1 is 1.53 bits per heavy atom. The molecule has 0 atom stereocenters. The molecule has 0 aliphatic carbocycles. The molecule has 0 saturated heterocycles. The molecular formula is C11H9FN4O3. The third-order valence-electron chi connectivity index (χ3n) is 2.40. The van der Waals surface area contributed by atoms with Crippen LogP contribution < -0.4 is 5.32 Å². The summed E-state index contributed by atoms with van der Waals surface area (Å²) in [5.74, 6) is -1.42. The van der Waals surface area contributed by atoms with Crippen LogP contribution in [0.25, 0.3) is 0 Å². The second-order valence-corrected chi connectivity index (χ2v) is 3.68. The van der Waals surface area contributed by atoms with Crippen LogP contribution >= 0.6 is 0 Å². The topological polar surface area (TPSA) is 101 Å². The largest absolute Gasteiger partial charge is 0.347 e. The Kier molecular flexibility index (Phi) is 3.51. The van der Waals surface area contributed by atoms with Crippen LogP contribution in [0.3, 0.4) is 0 Å². The van der Waals surface area contributed by atoms with E-state index in [2.05, 4.69) is 15.3 Å². The quantitative estimate of drug-likeness (QED) is 0.643. The second kappa shape index (κ2) is 5.25. The summed E-state index contributed by atoms with van der Waals surface area (Å²) in [5.41, 5.74) is -0.105. The van der Waals surface area contributed by atoms with Crippen molar-refractivity contribution in [2.75, 3.05) is 0 Å². The lowest BCUT2D eigenvalue weighted by Crippen LogP contribution is -2.23. The molecule has 1 aromatic heterocycles. The van der Waals surface area contributed by atoms with E-state index in [9.17, 15) is 19.3 Å². The number of hydrogen-bond acceptors (Lipinski definition) is 4. The van der Waals surface area contributed by atoms with Crippen LogP contribution in [0.5, 0.6) is 0 Å². The van der Waals surface area contributed by atoms with Gasteiger partial charge in [-0.2, -0.15) is 0 Å². The van der Waals surface area contributed by atoms with Crippen LogP contribution in [0, 0.1) is 15.9 Å². The molecule has 98 valence electrons. The summed E-state index contributed by atoms with van der Waals surface area (Å²) >= 11 is 0. The molecule has 0 aliphatic rings. The van der Waals surface area contributed by atoms with Gasteiger partial charge in [0.15, 0.2) is 0 Å². The number of nitrogens with zero attached hydrogens (tertiary/aromatic N) is 2. The molecule has 2 N–H and O–H groups in total. The summed E-state index contributed by atoms with van der Waals surface area (Å²) in [4.78, 5) is 28.3. The molecule has 1 amide bonds. The van der Waals surface area contributed by atoms with Gasteiger partial charge in [0.25, 0.3) is 11.6 Å². The first-order chi connectivity index (χ1) is 9.08. The molecule has 0 spiro atoms. The zero-order chi connectivity index (χ0) is 13.8. The number of hydrogen-bond donors (Lipinski definition) is 2. The van der Waals surface area contributed by atoms with E-state index in [1.54, 1.807) is 0 Å². The highest BCUT2D eigenvalue weighted by atomic mass is 19.1. The van der Waals surface area contributed by atoms with Gasteiger partial charge in [-0.15, -0.1) is 0 Å². The van der Waals surface area contributed by atoms with Crippen molar-refractivity contribution < 1.29 is 14.1 Å². The fourth-order valence-electron chi connectivity index (χ4n) is 1.50. The molecule has 19 heavy (non-hydrogen) atoms. The van der Waals surface area contributed by atoms with Crippen LogP contribution in [0.15, 0.2) is 30.7 Å². The molecule has 0 fully saturated rings. The van der Waals surface area contributed by atoms with Crippen molar-refractivity contribution in [1.29, 1.82) is 0 Å². The Labute approximate surface area is 106 Å². The van der Waals surface area contributed by atoms with Crippen LogP contribution in [0.1, 0.15) is 16.1 Å². The van der Waals surface area contributed by atoms with E-state index in [4.69, 9.17) is 0 Å². The van der Waals surface area contributed by atoms with E-state index in [0.717, 1.165) is 12.1 Å². The van der Waals surface area contributed by atoms with Crippen molar-refractivity contribution >= 4 is 11.6 Å². The monoisotopic (exact) mass is 264 g/mol. The maximum Gasteiger partial charge on any atom is 0.285 e. The number of imidazole rings is 1. The van der Waals surface area contributed by atoms with Crippen molar-refractivity contribution in [3.63, 3.8) is 0 Å². The summed E-state index contributed by atoms with van der Waals surface area (Å²) < 4.78 is 12.9. The molecule has 0 radical (unpaired) electrons. The van der Waals surface area contributed by atoms with Crippen molar-refractivity contribution in [3.8, 4) is 0 Å². The molecule has 0 unspecified atom stereocenters. The van der Waals surface area contributed by atoms with Crippen LogP contribution in [0.2, 0.25) is 0 Å². The number of aromatic amines is 1. The Balaban J connectivity index is 2.16. The highest BCUT2D eigenvalue weighted by molar-refractivity contribution is 5.98. The number of nitro groups is 1. The number of aromatic nitrogens is 2. The molecule has 8 heteroatoms. The van der Waals surface area contributed by atoms with E-state index in [-0.39, 0.29) is 12.1 Å². The van der Waals surface area contributed by atoms with E-state index in [1.807, 2.05) is 0 Å². The molecule has 2 aromatic rings. The number of amides is 1.